The minimum absolute atomic E-state index is 0.102. The first-order valence-corrected chi connectivity index (χ1v) is 4.18. The van der Waals surface area contributed by atoms with Crippen molar-refractivity contribution >= 4 is 0 Å². The zero-order valence-electron chi connectivity index (χ0n) is 8.18. The van der Waals surface area contributed by atoms with Gasteiger partial charge in [-0.1, -0.05) is 18.7 Å². The number of halogens is 2. The van der Waals surface area contributed by atoms with Gasteiger partial charge in [0.25, 0.3) is 5.92 Å². The third-order valence-electron chi connectivity index (χ3n) is 2.05. The maximum absolute atomic E-state index is 13.2. The molecule has 0 aromatic heterocycles. The second-order valence-corrected chi connectivity index (χ2v) is 3.01. The summed E-state index contributed by atoms with van der Waals surface area (Å²) in [6, 6.07) is 4.31. The number of alkyl halides is 2. The summed E-state index contributed by atoms with van der Waals surface area (Å²) in [5, 5.41) is 0. The van der Waals surface area contributed by atoms with Crippen LogP contribution >= 0.6 is 0 Å². The van der Waals surface area contributed by atoms with Crippen molar-refractivity contribution in [3.05, 3.63) is 42.0 Å². The molecule has 0 aliphatic heterocycles. The largest absolute Gasteiger partial charge is 0.496 e. The Morgan fingerprint density at radius 3 is 2.57 bits per heavy atom. The molecular weight excluding hydrogens is 186 g/mol. The summed E-state index contributed by atoms with van der Waals surface area (Å²) in [5.74, 6) is -2.54. The van der Waals surface area contributed by atoms with Gasteiger partial charge in [-0.2, -0.15) is 8.78 Å². The average molecular weight is 198 g/mol. The summed E-state index contributed by atoms with van der Waals surface area (Å²) in [4.78, 5) is 0. The van der Waals surface area contributed by atoms with Gasteiger partial charge in [0.05, 0.1) is 7.11 Å². The molecule has 1 nitrogen and oxygen atoms in total. The third-order valence-corrected chi connectivity index (χ3v) is 2.05. The molecule has 14 heavy (non-hydrogen) atoms. The monoisotopic (exact) mass is 198 g/mol. The number of allylic oxidation sites excluding steroid dienone is 1. The van der Waals surface area contributed by atoms with Crippen molar-refractivity contribution in [1.29, 1.82) is 0 Å². The van der Waals surface area contributed by atoms with Crippen LogP contribution in [0.4, 0.5) is 8.78 Å². The predicted octanol–water partition coefficient (Wildman–Crippen LogP) is 3.28. The fraction of sp³-hybridized carbons (Fsp3) is 0.273. The fourth-order valence-electron chi connectivity index (χ4n) is 1.15. The minimum atomic E-state index is -3.00. The van der Waals surface area contributed by atoms with Crippen molar-refractivity contribution in [2.24, 2.45) is 0 Å². The number of ether oxygens (including phenoxy) is 1. The van der Waals surface area contributed by atoms with Crippen LogP contribution in [0.15, 0.2) is 30.9 Å². The number of hydrogen-bond donors (Lipinski definition) is 0. The van der Waals surface area contributed by atoms with E-state index in [9.17, 15) is 8.78 Å². The van der Waals surface area contributed by atoms with E-state index in [1.807, 2.05) is 0 Å². The van der Waals surface area contributed by atoms with Crippen molar-refractivity contribution in [3.63, 3.8) is 0 Å². The van der Waals surface area contributed by atoms with E-state index >= 15 is 0 Å². The second-order valence-electron chi connectivity index (χ2n) is 3.01. The Hall–Kier alpha value is -1.38. The van der Waals surface area contributed by atoms with E-state index in [-0.39, 0.29) is 5.56 Å². The van der Waals surface area contributed by atoms with Crippen LogP contribution in [0.1, 0.15) is 11.1 Å². The molecule has 0 spiro atoms. The molecule has 0 fully saturated rings. The van der Waals surface area contributed by atoms with Crippen LogP contribution in [0.5, 0.6) is 5.75 Å². The van der Waals surface area contributed by atoms with Gasteiger partial charge >= 0.3 is 0 Å². The lowest BCUT2D eigenvalue weighted by Crippen LogP contribution is -2.09. The van der Waals surface area contributed by atoms with Gasteiger partial charge in [-0.25, -0.2) is 0 Å². The highest BCUT2D eigenvalue weighted by Gasteiger charge is 2.27. The van der Waals surface area contributed by atoms with Gasteiger partial charge in [-0.15, -0.1) is 0 Å². The normalized spacial score (nSPS) is 11.1. The first kappa shape index (κ1) is 10.7. The minimum Gasteiger partial charge on any atom is -0.496 e. The van der Waals surface area contributed by atoms with Crippen LogP contribution in [0.3, 0.4) is 0 Å². The summed E-state index contributed by atoms with van der Waals surface area (Å²) in [5.41, 5.74) is 0.728. The molecule has 0 radical (unpaired) electrons. The van der Waals surface area contributed by atoms with Gasteiger partial charge in [-0.3, -0.25) is 0 Å². The molecule has 1 aromatic carbocycles. The molecule has 0 amide bonds. The lowest BCUT2D eigenvalue weighted by Gasteiger charge is -2.13. The molecule has 1 rings (SSSR count). The summed E-state index contributed by atoms with van der Waals surface area (Å²) >= 11 is 0. The van der Waals surface area contributed by atoms with Crippen LogP contribution < -0.4 is 4.74 Å². The number of methoxy groups -OCH3 is 1. The van der Waals surface area contributed by atoms with Crippen molar-refractivity contribution in [3.8, 4) is 5.75 Å². The zero-order chi connectivity index (χ0) is 10.8. The summed E-state index contributed by atoms with van der Waals surface area (Å²) in [6.45, 7) is 4.90. The molecule has 0 aliphatic rings. The molecule has 76 valence electrons. The second kappa shape index (κ2) is 3.78. The topological polar surface area (TPSA) is 9.23 Å². The van der Waals surface area contributed by atoms with Gasteiger partial charge in [0.1, 0.15) is 5.75 Å². The van der Waals surface area contributed by atoms with Gasteiger partial charge in [0.2, 0.25) is 0 Å². The van der Waals surface area contributed by atoms with E-state index in [0.29, 0.717) is 11.8 Å². The maximum atomic E-state index is 13.2. The van der Waals surface area contributed by atoms with E-state index < -0.39 is 5.92 Å². The molecule has 0 saturated heterocycles. The Labute approximate surface area is 82.0 Å². The Morgan fingerprint density at radius 2 is 2.07 bits per heavy atom. The fourth-order valence-corrected chi connectivity index (χ4v) is 1.15. The molecule has 0 unspecified atom stereocenters. The smallest absolute Gasteiger partial charge is 0.291 e. The van der Waals surface area contributed by atoms with Crippen LogP contribution in [0, 0.1) is 6.92 Å². The van der Waals surface area contributed by atoms with E-state index in [0.717, 1.165) is 5.56 Å². The maximum Gasteiger partial charge on any atom is 0.291 e. The Kier molecular flexibility index (Phi) is 2.89. The Morgan fingerprint density at radius 1 is 1.43 bits per heavy atom. The molecular formula is C11H12F2O. The van der Waals surface area contributed by atoms with Gasteiger partial charge in [-0.05, 0) is 24.6 Å². The van der Waals surface area contributed by atoms with Crippen molar-refractivity contribution in [1.82, 2.24) is 0 Å². The number of hydrogen-bond acceptors (Lipinski definition) is 1. The van der Waals surface area contributed by atoms with Crippen molar-refractivity contribution in [2.45, 2.75) is 12.8 Å². The SMILES string of the molecule is C=CC(F)(F)c1ccc(C)c(OC)c1. The Bertz CT molecular complexity index is 345. The number of aryl methyl sites for hydroxylation is 1. The van der Waals surface area contributed by atoms with Gasteiger partial charge < -0.3 is 4.74 Å². The quantitative estimate of drug-likeness (QED) is 0.677. The van der Waals surface area contributed by atoms with Crippen molar-refractivity contribution < 1.29 is 13.5 Å². The predicted molar refractivity (Wildman–Crippen MR) is 51.8 cm³/mol. The zero-order valence-corrected chi connectivity index (χ0v) is 8.18. The lowest BCUT2D eigenvalue weighted by molar-refractivity contribution is 0.0523. The first-order valence-electron chi connectivity index (χ1n) is 4.18. The standard InChI is InChI=1S/C11H12F2O/c1-4-11(12,13)9-6-5-8(2)10(7-9)14-3/h4-7H,1H2,2-3H3. The molecule has 0 N–H and O–H groups in total. The Balaban J connectivity index is 3.19. The molecule has 0 heterocycles. The van der Waals surface area contributed by atoms with E-state index in [1.54, 1.807) is 13.0 Å². The highest BCUT2D eigenvalue weighted by Crippen LogP contribution is 2.32. The van der Waals surface area contributed by atoms with Gasteiger partial charge in [0, 0.05) is 5.56 Å². The van der Waals surface area contributed by atoms with E-state index in [1.165, 1.54) is 19.2 Å². The van der Waals surface area contributed by atoms with E-state index in [2.05, 4.69) is 6.58 Å². The molecule has 0 atom stereocenters. The van der Waals surface area contributed by atoms with Gasteiger partial charge in [0.15, 0.2) is 0 Å². The highest BCUT2D eigenvalue weighted by molar-refractivity contribution is 5.39. The van der Waals surface area contributed by atoms with Crippen LogP contribution in [-0.4, -0.2) is 7.11 Å². The van der Waals surface area contributed by atoms with Crippen LogP contribution in [-0.2, 0) is 5.92 Å². The molecule has 3 heteroatoms. The number of rotatable bonds is 3. The first-order chi connectivity index (χ1) is 6.51. The molecule has 0 aliphatic carbocycles. The average Bonchev–Trinajstić information content (AvgIpc) is 2.18. The molecule has 0 bridgehead atoms. The van der Waals surface area contributed by atoms with Crippen molar-refractivity contribution in [2.75, 3.05) is 7.11 Å². The summed E-state index contributed by atoms with van der Waals surface area (Å²) in [7, 11) is 1.46. The molecule has 1 aromatic rings. The highest BCUT2D eigenvalue weighted by atomic mass is 19.3. The summed E-state index contributed by atoms with van der Waals surface area (Å²) < 4.78 is 31.3. The molecule has 0 saturated carbocycles. The number of benzene rings is 1. The third kappa shape index (κ3) is 1.92. The summed E-state index contributed by atoms with van der Waals surface area (Å²) in [6.07, 6.45) is 0.622. The van der Waals surface area contributed by atoms with Crippen LogP contribution in [0.25, 0.3) is 0 Å². The van der Waals surface area contributed by atoms with Crippen LogP contribution in [0.2, 0.25) is 0 Å². The van der Waals surface area contributed by atoms with E-state index in [4.69, 9.17) is 4.74 Å². The lowest BCUT2D eigenvalue weighted by atomic mass is 10.1.